The molecule has 1 atom stereocenters. The largest absolute Gasteiger partial charge is 0.497 e. The SMILES string of the molecule is COc1ccc2c(c1)C(c1ccccc1)CNCC2.Cl. The average molecular weight is 290 g/mol. The first-order valence-corrected chi connectivity index (χ1v) is 6.81. The molecule has 20 heavy (non-hydrogen) atoms. The zero-order chi connectivity index (χ0) is 13.1. The lowest BCUT2D eigenvalue weighted by molar-refractivity contribution is 0.414. The molecule has 0 fully saturated rings. The van der Waals surface area contributed by atoms with E-state index in [1.54, 1.807) is 7.11 Å². The Kier molecular flexibility index (Phi) is 5.05. The molecule has 3 rings (SSSR count). The van der Waals surface area contributed by atoms with Crippen molar-refractivity contribution in [2.24, 2.45) is 0 Å². The van der Waals surface area contributed by atoms with E-state index in [0.717, 1.165) is 25.3 Å². The molecule has 0 radical (unpaired) electrons. The number of fused-ring (bicyclic) bond motifs is 1. The third-order valence-corrected chi connectivity index (χ3v) is 3.85. The van der Waals surface area contributed by atoms with Crippen molar-refractivity contribution in [1.82, 2.24) is 5.32 Å². The predicted molar refractivity (Wildman–Crippen MR) is 85.1 cm³/mol. The standard InChI is InChI=1S/C17H19NO.ClH/c1-19-15-8-7-14-9-10-18-12-17(16(14)11-15)13-5-3-2-4-6-13;/h2-8,11,17-18H,9-10,12H2,1H3;1H. The molecular formula is C17H20ClNO. The van der Waals surface area contributed by atoms with Crippen molar-refractivity contribution in [1.29, 1.82) is 0 Å². The van der Waals surface area contributed by atoms with Crippen molar-refractivity contribution >= 4 is 12.4 Å². The van der Waals surface area contributed by atoms with Gasteiger partial charge in [-0.15, -0.1) is 12.4 Å². The fourth-order valence-electron chi connectivity index (χ4n) is 2.81. The first-order valence-electron chi connectivity index (χ1n) is 6.81. The van der Waals surface area contributed by atoms with Crippen molar-refractivity contribution < 1.29 is 4.74 Å². The maximum absolute atomic E-state index is 5.38. The highest BCUT2D eigenvalue weighted by Gasteiger charge is 2.20. The van der Waals surface area contributed by atoms with Gasteiger partial charge in [0.25, 0.3) is 0 Å². The Morgan fingerprint density at radius 3 is 2.65 bits per heavy atom. The van der Waals surface area contributed by atoms with Crippen LogP contribution in [0.4, 0.5) is 0 Å². The number of halogens is 1. The van der Waals surface area contributed by atoms with E-state index < -0.39 is 0 Å². The van der Waals surface area contributed by atoms with Crippen LogP contribution in [0, 0.1) is 0 Å². The highest BCUT2D eigenvalue weighted by molar-refractivity contribution is 5.85. The first-order chi connectivity index (χ1) is 9.38. The van der Waals surface area contributed by atoms with Gasteiger partial charge in [-0.05, 0) is 41.8 Å². The van der Waals surface area contributed by atoms with Gasteiger partial charge in [0, 0.05) is 12.5 Å². The third-order valence-electron chi connectivity index (χ3n) is 3.85. The predicted octanol–water partition coefficient (Wildman–Crippen LogP) is 3.39. The molecule has 1 aliphatic rings. The second kappa shape index (κ2) is 6.78. The van der Waals surface area contributed by atoms with Crippen LogP contribution in [0.25, 0.3) is 0 Å². The Balaban J connectivity index is 0.00000147. The topological polar surface area (TPSA) is 21.3 Å². The van der Waals surface area contributed by atoms with Crippen LogP contribution in [0.5, 0.6) is 5.75 Å². The molecule has 0 amide bonds. The molecule has 0 aromatic heterocycles. The van der Waals surface area contributed by atoms with Crippen LogP contribution in [0.15, 0.2) is 48.5 Å². The summed E-state index contributed by atoms with van der Waals surface area (Å²) in [5, 5.41) is 3.54. The molecule has 2 nitrogen and oxygen atoms in total. The summed E-state index contributed by atoms with van der Waals surface area (Å²) in [6.45, 7) is 2.03. The Bertz CT molecular complexity index is 556. The van der Waals surface area contributed by atoms with E-state index in [1.165, 1.54) is 16.7 Å². The number of benzene rings is 2. The lowest BCUT2D eigenvalue weighted by Gasteiger charge is -2.19. The monoisotopic (exact) mass is 289 g/mol. The number of rotatable bonds is 2. The van der Waals surface area contributed by atoms with E-state index in [4.69, 9.17) is 4.74 Å². The minimum Gasteiger partial charge on any atom is -0.497 e. The molecule has 2 aromatic carbocycles. The maximum Gasteiger partial charge on any atom is 0.119 e. The van der Waals surface area contributed by atoms with Gasteiger partial charge in [0.1, 0.15) is 5.75 Å². The molecule has 2 aromatic rings. The first kappa shape index (κ1) is 14.9. The molecule has 0 bridgehead atoms. The van der Waals surface area contributed by atoms with Gasteiger partial charge >= 0.3 is 0 Å². The highest BCUT2D eigenvalue weighted by Crippen LogP contribution is 2.31. The van der Waals surface area contributed by atoms with Crippen molar-refractivity contribution in [3.05, 3.63) is 65.2 Å². The molecule has 1 aliphatic heterocycles. The van der Waals surface area contributed by atoms with E-state index in [2.05, 4.69) is 53.8 Å². The molecule has 0 saturated carbocycles. The number of hydrogen-bond acceptors (Lipinski definition) is 2. The number of hydrogen-bond donors (Lipinski definition) is 1. The van der Waals surface area contributed by atoms with Crippen LogP contribution in [0.1, 0.15) is 22.6 Å². The van der Waals surface area contributed by atoms with Crippen LogP contribution >= 0.6 is 12.4 Å². The van der Waals surface area contributed by atoms with Crippen molar-refractivity contribution in [2.45, 2.75) is 12.3 Å². The molecule has 3 heteroatoms. The number of nitrogens with one attached hydrogen (secondary N) is 1. The van der Waals surface area contributed by atoms with Crippen LogP contribution in [0.2, 0.25) is 0 Å². The maximum atomic E-state index is 5.38. The average Bonchev–Trinajstić information content (AvgIpc) is 2.69. The van der Waals surface area contributed by atoms with Gasteiger partial charge in [0.15, 0.2) is 0 Å². The van der Waals surface area contributed by atoms with Crippen molar-refractivity contribution in [3.63, 3.8) is 0 Å². The van der Waals surface area contributed by atoms with Gasteiger partial charge in [-0.2, -0.15) is 0 Å². The van der Waals surface area contributed by atoms with E-state index >= 15 is 0 Å². The molecule has 1 N–H and O–H groups in total. The fraction of sp³-hybridized carbons (Fsp3) is 0.294. The molecule has 1 unspecified atom stereocenters. The Hall–Kier alpha value is -1.51. The fourth-order valence-corrected chi connectivity index (χ4v) is 2.81. The highest BCUT2D eigenvalue weighted by atomic mass is 35.5. The van der Waals surface area contributed by atoms with E-state index in [9.17, 15) is 0 Å². The molecular weight excluding hydrogens is 270 g/mol. The lowest BCUT2D eigenvalue weighted by atomic mass is 9.88. The van der Waals surface area contributed by atoms with E-state index in [-0.39, 0.29) is 12.4 Å². The summed E-state index contributed by atoms with van der Waals surface area (Å²) in [4.78, 5) is 0. The molecule has 0 aliphatic carbocycles. The second-order valence-corrected chi connectivity index (χ2v) is 4.98. The summed E-state index contributed by atoms with van der Waals surface area (Å²) < 4.78 is 5.38. The van der Waals surface area contributed by atoms with Crippen LogP contribution in [-0.2, 0) is 6.42 Å². The normalized spacial score (nSPS) is 17.6. The number of ether oxygens (including phenoxy) is 1. The summed E-state index contributed by atoms with van der Waals surface area (Å²) in [6.07, 6.45) is 1.09. The lowest BCUT2D eigenvalue weighted by Crippen LogP contribution is -2.20. The van der Waals surface area contributed by atoms with Gasteiger partial charge in [-0.1, -0.05) is 36.4 Å². The molecule has 0 spiro atoms. The van der Waals surface area contributed by atoms with Gasteiger partial charge in [0.2, 0.25) is 0 Å². The molecule has 106 valence electrons. The smallest absolute Gasteiger partial charge is 0.119 e. The molecule has 0 saturated heterocycles. The summed E-state index contributed by atoms with van der Waals surface area (Å²) in [5.41, 5.74) is 4.20. The zero-order valence-electron chi connectivity index (χ0n) is 11.6. The number of methoxy groups -OCH3 is 1. The Morgan fingerprint density at radius 2 is 1.90 bits per heavy atom. The van der Waals surface area contributed by atoms with Crippen LogP contribution in [0.3, 0.4) is 0 Å². The second-order valence-electron chi connectivity index (χ2n) is 4.98. The minimum atomic E-state index is 0. The molecule has 1 heterocycles. The summed E-state index contributed by atoms with van der Waals surface area (Å²) in [7, 11) is 1.73. The van der Waals surface area contributed by atoms with E-state index in [0.29, 0.717) is 5.92 Å². The van der Waals surface area contributed by atoms with Gasteiger partial charge < -0.3 is 10.1 Å². The zero-order valence-corrected chi connectivity index (χ0v) is 12.5. The van der Waals surface area contributed by atoms with E-state index in [1.807, 2.05) is 0 Å². The minimum absolute atomic E-state index is 0. The quantitative estimate of drug-likeness (QED) is 0.915. The third kappa shape index (κ3) is 2.97. The van der Waals surface area contributed by atoms with Gasteiger partial charge in [0.05, 0.1) is 7.11 Å². The van der Waals surface area contributed by atoms with Crippen molar-refractivity contribution in [3.8, 4) is 5.75 Å². The van der Waals surface area contributed by atoms with Gasteiger partial charge in [-0.25, -0.2) is 0 Å². The van der Waals surface area contributed by atoms with Crippen LogP contribution < -0.4 is 10.1 Å². The van der Waals surface area contributed by atoms with Gasteiger partial charge in [-0.3, -0.25) is 0 Å². The Labute approximate surface area is 126 Å². The Morgan fingerprint density at radius 1 is 1.10 bits per heavy atom. The summed E-state index contributed by atoms with van der Waals surface area (Å²) in [5.74, 6) is 1.36. The van der Waals surface area contributed by atoms with Crippen LogP contribution in [-0.4, -0.2) is 20.2 Å². The van der Waals surface area contributed by atoms with Crippen molar-refractivity contribution in [2.75, 3.05) is 20.2 Å². The summed E-state index contributed by atoms with van der Waals surface area (Å²) in [6, 6.07) is 17.2. The summed E-state index contributed by atoms with van der Waals surface area (Å²) >= 11 is 0.